The molecule has 2 bridgehead atoms. The Kier molecular flexibility index (Phi) is 4.62. The molecule has 0 saturated carbocycles. The van der Waals surface area contributed by atoms with E-state index in [-0.39, 0.29) is 35.2 Å². The van der Waals surface area contributed by atoms with Gasteiger partial charge in [-0.05, 0) is 41.3 Å². The topological polar surface area (TPSA) is 108 Å². The van der Waals surface area contributed by atoms with Gasteiger partial charge in [0, 0.05) is 45.8 Å². The molecule has 2 atom stereocenters. The summed E-state index contributed by atoms with van der Waals surface area (Å²) in [5, 5.41) is 21.4. The molecule has 0 spiro atoms. The largest absolute Gasteiger partial charge is 0.507 e. The van der Waals surface area contributed by atoms with Crippen molar-refractivity contribution in [1.29, 1.82) is 0 Å². The van der Waals surface area contributed by atoms with Gasteiger partial charge in [-0.25, -0.2) is 9.48 Å². The minimum atomic E-state index is -0.213. The number of carbonyl (C=O) groups excluding carboxylic acids is 2. The highest BCUT2D eigenvalue weighted by atomic mass is 16.3. The molecule has 10 nitrogen and oxygen atoms in total. The molecule has 5 rings (SSSR count). The molecule has 0 aliphatic carbocycles. The molecule has 1 aromatic carbocycles. The van der Waals surface area contributed by atoms with Crippen LogP contribution in [-0.2, 0) is 0 Å². The fourth-order valence-electron chi connectivity index (χ4n) is 4.05. The van der Waals surface area contributed by atoms with Gasteiger partial charge in [-0.2, -0.15) is 0 Å². The van der Waals surface area contributed by atoms with Crippen molar-refractivity contribution in [3.63, 3.8) is 0 Å². The molecule has 3 aliphatic heterocycles. The molecule has 1 N–H and O–H groups in total. The lowest BCUT2D eigenvalue weighted by molar-refractivity contribution is 0.0582. The molecular weight excluding hydrogens is 362 g/mol. The van der Waals surface area contributed by atoms with Gasteiger partial charge in [0.15, 0.2) is 0 Å². The Hall–Kier alpha value is -3.17. The molecule has 28 heavy (non-hydrogen) atoms. The number of aromatic nitrogens is 4. The average Bonchev–Trinajstić information content (AvgIpc) is 3.07. The standard InChI is InChI=1S/C18H23N7O3/c1-22(2)18(28)23-8-12-3-4-14(10-23)24(9-12)17(27)15-6-5-13(7-16(15)26)25-11-19-20-21-25/h5-7,11-12,14,26H,3-4,8-10H2,1-2H3/t12-,14+/m1/s1. The second-order valence-electron chi connectivity index (χ2n) is 7.59. The van der Waals surface area contributed by atoms with Crippen LogP contribution >= 0.6 is 0 Å². The highest BCUT2D eigenvalue weighted by Gasteiger charge is 2.39. The first kappa shape index (κ1) is 18.2. The van der Waals surface area contributed by atoms with E-state index in [1.54, 1.807) is 31.1 Å². The van der Waals surface area contributed by atoms with Crippen LogP contribution in [0.3, 0.4) is 0 Å². The van der Waals surface area contributed by atoms with E-state index in [9.17, 15) is 14.7 Å². The summed E-state index contributed by atoms with van der Waals surface area (Å²) < 4.78 is 1.41. The van der Waals surface area contributed by atoms with Crippen LogP contribution in [0.25, 0.3) is 5.69 Å². The van der Waals surface area contributed by atoms with Crippen molar-refractivity contribution in [2.45, 2.75) is 18.9 Å². The summed E-state index contributed by atoms with van der Waals surface area (Å²) in [7, 11) is 3.48. The predicted octanol–water partition coefficient (Wildman–Crippen LogP) is 0.586. The summed E-state index contributed by atoms with van der Waals surface area (Å²) in [4.78, 5) is 30.8. The summed E-state index contributed by atoms with van der Waals surface area (Å²) >= 11 is 0. The van der Waals surface area contributed by atoms with Gasteiger partial charge in [0.2, 0.25) is 0 Å². The van der Waals surface area contributed by atoms with Crippen LogP contribution in [0.15, 0.2) is 24.5 Å². The van der Waals surface area contributed by atoms with Gasteiger partial charge in [-0.3, -0.25) is 4.79 Å². The van der Waals surface area contributed by atoms with Gasteiger partial charge < -0.3 is 19.8 Å². The van der Waals surface area contributed by atoms with Crippen LogP contribution in [0, 0.1) is 5.92 Å². The van der Waals surface area contributed by atoms with E-state index < -0.39 is 0 Å². The van der Waals surface area contributed by atoms with E-state index in [1.807, 2.05) is 9.80 Å². The summed E-state index contributed by atoms with van der Waals surface area (Å²) in [5.41, 5.74) is 0.814. The molecule has 0 unspecified atom stereocenters. The lowest BCUT2D eigenvalue weighted by atomic mass is 9.94. The highest BCUT2D eigenvalue weighted by Crippen LogP contribution is 2.31. The van der Waals surface area contributed by atoms with Gasteiger partial charge in [0.1, 0.15) is 12.1 Å². The third-order valence-electron chi connectivity index (χ3n) is 5.45. The summed E-state index contributed by atoms with van der Waals surface area (Å²) in [6.07, 6.45) is 3.27. The number of tetrazole rings is 1. The Morgan fingerprint density at radius 1 is 1.18 bits per heavy atom. The molecule has 0 radical (unpaired) electrons. The summed E-state index contributed by atoms with van der Waals surface area (Å²) in [5.74, 6) is -0.0804. The molecule has 4 heterocycles. The Morgan fingerprint density at radius 2 is 2.00 bits per heavy atom. The minimum absolute atomic E-state index is 0.0279. The zero-order chi connectivity index (χ0) is 19.8. The maximum Gasteiger partial charge on any atom is 0.319 e. The average molecular weight is 385 g/mol. The van der Waals surface area contributed by atoms with Gasteiger partial charge in [0.25, 0.3) is 5.91 Å². The van der Waals surface area contributed by atoms with Crippen molar-refractivity contribution in [2.75, 3.05) is 33.7 Å². The number of benzene rings is 1. The number of carbonyl (C=O) groups is 2. The zero-order valence-corrected chi connectivity index (χ0v) is 15.9. The first-order valence-corrected chi connectivity index (χ1v) is 9.27. The number of amides is 3. The van der Waals surface area contributed by atoms with Crippen molar-refractivity contribution < 1.29 is 14.7 Å². The highest BCUT2D eigenvalue weighted by molar-refractivity contribution is 5.97. The second-order valence-corrected chi connectivity index (χ2v) is 7.59. The van der Waals surface area contributed by atoms with Gasteiger partial charge in [0.05, 0.1) is 11.3 Å². The number of urea groups is 1. The Morgan fingerprint density at radius 3 is 2.68 bits per heavy atom. The van der Waals surface area contributed by atoms with E-state index >= 15 is 0 Å². The molecule has 3 saturated heterocycles. The summed E-state index contributed by atoms with van der Waals surface area (Å²) in [6, 6.07) is 4.69. The normalized spacial score (nSPS) is 21.5. The van der Waals surface area contributed by atoms with Crippen molar-refractivity contribution in [3.05, 3.63) is 30.1 Å². The summed E-state index contributed by atoms with van der Waals surface area (Å²) in [6.45, 7) is 1.76. The first-order chi connectivity index (χ1) is 13.4. The lowest BCUT2D eigenvalue weighted by Gasteiger charge is -2.36. The molecule has 2 aromatic rings. The van der Waals surface area contributed by atoms with E-state index in [0.717, 1.165) is 12.8 Å². The van der Waals surface area contributed by atoms with E-state index in [4.69, 9.17) is 0 Å². The minimum Gasteiger partial charge on any atom is -0.507 e. The van der Waals surface area contributed by atoms with Crippen molar-refractivity contribution in [3.8, 4) is 11.4 Å². The molecule has 3 fully saturated rings. The molecule has 148 valence electrons. The van der Waals surface area contributed by atoms with E-state index in [1.165, 1.54) is 17.1 Å². The Balaban J connectivity index is 1.56. The van der Waals surface area contributed by atoms with Gasteiger partial charge in [-0.15, -0.1) is 5.10 Å². The first-order valence-electron chi connectivity index (χ1n) is 9.27. The molecular formula is C18H23N7O3. The molecule has 10 heteroatoms. The lowest BCUT2D eigenvalue weighted by Crippen LogP contribution is -2.48. The van der Waals surface area contributed by atoms with E-state index in [2.05, 4.69) is 15.5 Å². The molecule has 3 aliphatic rings. The van der Waals surface area contributed by atoms with Crippen LogP contribution in [0.2, 0.25) is 0 Å². The maximum absolute atomic E-state index is 13.2. The van der Waals surface area contributed by atoms with Crippen LogP contribution in [-0.4, -0.2) is 91.7 Å². The molecule has 3 amide bonds. The monoisotopic (exact) mass is 385 g/mol. The number of piperidine rings is 1. The maximum atomic E-state index is 13.2. The number of hydrogen-bond donors (Lipinski definition) is 1. The van der Waals surface area contributed by atoms with Crippen LogP contribution in [0.5, 0.6) is 5.75 Å². The smallest absolute Gasteiger partial charge is 0.319 e. The number of rotatable bonds is 2. The van der Waals surface area contributed by atoms with Gasteiger partial charge >= 0.3 is 6.03 Å². The number of phenolic OH excluding ortho intramolecular Hbond substituents is 1. The predicted molar refractivity (Wildman–Crippen MR) is 99.0 cm³/mol. The second kappa shape index (κ2) is 7.10. The SMILES string of the molecule is CN(C)C(=O)N1C[C@H]2CC[C@@H](C1)N(C(=O)c1ccc(-n3cnnn3)cc1O)C2. The fourth-order valence-corrected chi connectivity index (χ4v) is 4.05. The number of fused-ring (bicyclic) bond motifs is 4. The molecule has 1 aromatic heterocycles. The van der Waals surface area contributed by atoms with Crippen LogP contribution in [0.4, 0.5) is 4.79 Å². The van der Waals surface area contributed by atoms with E-state index in [0.29, 0.717) is 25.3 Å². The third-order valence-corrected chi connectivity index (χ3v) is 5.45. The quantitative estimate of drug-likeness (QED) is 0.811. The van der Waals surface area contributed by atoms with Crippen molar-refractivity contribution in [2.24, 2.45) is 5.92 Å². The zero-order valence-electron chi connectivity index (χ0n) is 15.9. The Bertz CT molecular complexity index is 883. The van der Waals surface area contributed by atoms with Crippen molar-refractivity contribution >= 4 is 11.9 Å². The van der Waals surface area contributed by atoms with Gasteiger partial charge in [-0.1, -0.05) is 0 Å². The van der Waals surface area contributed by atoms with Crippen LogP contribution < -0.4 is 0 Å². The Labute approximate surface area is 162 Å². The number of nitrogens with zero attached hydrogens (tertiary/aromatic N) is 7. The fraction of sp³-hybridized carbons (Fsp3) is 0.500. The number of aromatic hydroxyl groups is 1. The third kappa shape index (κ3) is 3.25. The number of phenols is 1. The number of hydrogen-bond acceptors (Lipinski definition) is 6. The van der Waals surface area contributed by atoms with Crippen LogP contribution in [0.1, 0.15) is 23.2 Å². The van der Waals surface area contributed by atoms with Crippen molar-refractivity contribution in [1.82, 2.24) is 34.9 Å².